The highest BCUT2D eigenvalue weighted by molar-refractivity contribution is 5.88. The number of hydrogen-bond donors (Lipinski definition) is 1. The standard InChI is InChI=1S/C24H25FN6/c1-14-12-31(6-5-26-14)18-9-20-19(15-3-4-15)10-22(28-24(20)27-11-18)16-7-17-13-30(2)29-23(17)21(25)8-16/h7-11,13-15,26H,3-6,12H2,1-2H3. The third kappa shape index (κ3) is 3.33. The van der Waals surface area contributed by atoms with Crippen LogP contribution in [-0.4, -0.2) is 45.4 Å². The van der Waals surface area contributed by atoms with Crippen molar-refractivity contribution in [2.75, 3.05) is 24.5 Å². The maximum atomic E-state index is 14.7. The van der Waals surface area contributed by atoms with Crippen LogP contribution in [0.15, 0.2) is 36.7 Å². The van der Waals surface area contributed by atoms with Crippen molar-refractivity contribution in [1.29, 1.82) is 0 Å². The van der Waals surface area contributed by atoms with Crippen molar-refractivity contribution in [2.45, 2.75) is 31.7 Å². The van der Waals surface area contributed by atoms with E-state index in [0.29, 0.717) is 17.5 Å². The number of rotatable bonds is 3. The summed E-state index contributed by atoms with van der Waals surface area (Å²) in [5.74, 6) is 0.217. The lowest BCUT2D eigenvalue weighted by Crippen LogP contribution is -2.49. The first kappa shape index (κ1) is 18.7. The average molecular weight is 417 g/mol. The van der Waals surface area contributed by atoms with Crippen LogP contribution in [-0.2, 0) is 7.05 Å². The molecule has 0 radical (unpaired) electrons. The van der Waals surface area contributed by atoms with Crippen LogP contribution in [0, 0.1) is 5.82 Å². The fourth-order valence-corrected chi connectivity index (χ4v) is 4.70. The number of fused-ring (bicyclic) bond motifs is 2. The van der Waals surface area contributed by atoms with Crippen molar-refractivity contribution >= 4 is 27.6 Å². The molecule has 3 aromatic heterocycles. The van der Waals surface area contributed by atoms with Gasteiger partial charge in [0, 0.05) is 55.3 Å². The Kier molecular flexibility index (Phi) is 4.21. The van der Waals surface area contributed by atoms with Crippen molar-refractivity contribution < 1.29 is 4.39 Å². The lowest BCUT2D eigenvalue weighted by molar-refractivity contribution is 0.484. The molecule has 1 N–H and O–H groups in total. The Hall–Kier alpha value is -3.06. The second-order valence-electron chi connectivity index (χ2n) is 8.94. The van der Waals surface area contributed by atoms with Crippen molar-refractivity contribution in [3.05, 3.63) is 48.0 Å². The molecule has 6 nitrogen and oxygen atoms in total. The van der Waals surface area contributed by atoms with Gasteiger partial charge in [0.05, 0.1) is 17.6 Å². The summed E-state index contributed by atoms with van der Waals surface area (Å²) in [6.45, 7) is 5.14. The third-order valence-electron chi connectivity index (χ3n) is 6.41. The van der Waals surface area contributed by atoms with Gasteiger partial charge in [-0.3, -0.25) is 4.68 Å². The van der Waals surface area contributed by atoms with E-state index in [2.05, 4.69) is 34.4 Å². The van der Waals surface area contributed by atoms with E-state index in [-0.39, 0.29) is 5.82 Å². The lowest BCUT2D eigenvalue weighted by atomic mass is 10.0. The largest absolute Gasteiger partial charge is 0.367 e. The number of nitrogens with zero attached hydrogens (tertiary/aromatic N) is 5. The molecule has 1 saturated carbocycles. The number of piperazine rings is 1. The minimum Gasteiger partial charge on any atom is -0.367 e. The molecule has 1 saturated heterocycles. The summed E-state index contributed by atoms with van der Waals surface area (Å²) in [7, 11) is 1.80. The van der Waals surface area contributed by atoms with Gasteiger partial charge in [-0.25, -0.2) is 14.4 Å². The maximum Gasteiger partial charge on any atom is 0.160 e. The second-order valence-corrected chi connectivity index (χ2v) is 8.94. The van der Waals surface area contributed by atoms with Crippen LogP contribution < -0.4 is 10.2 Å². The Morgan fingerprint density at radius 2 is 2.03 bits per heavy atom. The molecule has 1 aliphatic carbocycles. The smallest absolute Gasteiger partial charge is 0.160 e. The third-order valence-corrected chi connectivity index (χ3v) is 6.41. The molecule has 2 aliphatic rings. The highest BCUT2D eigenvalue weighted by Gasteiger charge is 2.28. The molecule has 31 heavy (non-hydrogen) atoms. The Morgan fingerprint density at radius 1 is 1.16 bits per heavy atom. The first-order valence-corrected chi connectivity index (χ1v) is 11.0. The molecule has 0 spiro atoms. The van der Waals surface area contributed by atoms with Crippen LogP contribution in [0.4, 0.5) is 10.1 Å². The van der Waals surface area contributed by atoms with Crippen LogP contribution in [0.5, 0.6) is 0 Å². The van der Waals surface area contributed by atoms with E-state index in [4.69, 9.17) is 9.97 Å². The Labute approximate surface area is 180 Å². The van der Waals surface area contributed by atoms with Gasteiger partial charge in [0.15, 0.2) is 11.5 Å². The molecule has 0 bridgehead atoms. The van der Waals surface area contributed by atoms with Crippen molar-refractivity contribution in [1.82, 2.24) is 25.1 Å². The number of benzene rings is 1. The number of aryl methyl sites for hydroxylation is 1. The lowest BCUT2D eigenvalue weighted by Gasteiger charge is -2.33. The molecular formula is C24H25FN6. The maximum absolute atomic E-state index is 14.7. The number of hydrogen-bond acceptors (Lipinski definition) is 5. The van der Waals surface area contributed by atoms with Crippen molar-refractivity contribution in [2.24, 2.45) is 7.05 Å². The zero-order valence-electron chi connectivity index (χ0n) is 17.8. The van der Waals surface area contributed by atoms with Gasteiger partial charge in [-0.1, -0.05) is 0 Å². The highest BCUT2D eigenvalue weighted by atomic mass is 19.1. The molecule has 158 valence electrons. The summed E-state index contributed by atoms with van der Waals surface area (Å²) in [5.41, 5.74) is 5.10. The molecule has 1 aliphatic heterocycles. The van der Waals surface area contributed by atoms with Crippen LogP contribution in [0.25, 0.3) is 33.2 Å². The van der Waals surface area contributed by atoms with Gasteiger partial charge in [-0.2, -0.15) is 5.10 Å². The Balaban J connectivity index is 1.47. The summed E-state index contributed by atoms with van der Waals surface area (Å²) < 4.78 is 16.3. The Morgan fingerprint density at radius 3 is 2.84 bits per heavy atom. The van der Waals surface area contributed by atoms with Crippen LogP contribution in [0.2, 0.25) is 0 Å². The van der Waals surface area contributed by atoms with E-state index in [0.717, 1.165) is 53.0 Å². The normalized spacial score (nSPS) is 19.5. The molecule has 4 aromatic rings. The summed E-state index contributed by atoms with van der Waals surface area (Å²) in [5, 5.41) is 9.61. The zero-order chi connectivity index (χ0) is 21.1. The first-order chi connectivity index (χ1) is 15.0. The van der Waals surface area contributed by atoms with Gasteiger partial charge < -0.3 is 10.2 Å². The van der Waals surface area contributed by atoms with Crippen molar-refractivity contribution in [3.8, 4) is 11.3 Å². The van der Waals surface area contributed by atoms with E-state index >= 15 is 0 Å². The predicted molar refractivity (Wildman–Crippen MR) is 121 cm³/mol. The first-order valence-electron chi connectivity index (χ1n) is 11.0. The van der Waals surface area contributed by atoms with E-state index in [1.54, 1.807) is 11.7 Å². The van der Waals surface area contributed by atoms with Gasteiger partial charge in [0.2, 0.25) is 0 Å². The van der Waals surface area contributed by atoms with Gasteiger partial charge in [-0.05, 0) is 55.5 Å². The summed E-state index contributed by atoms with van der Waals surface area (Å²) in [6, 6.07) is 8.35. The summed E-state index contributed by atoms with van der Waals surface area (Å²) in [4.78, 5) is 12.0. The van der Waals surface area contributed by atoms with Gasteiger partial charge in [-0.15, -0.1) is 0 Å². The summed E-state index contributed by atoms with van der Waals surface area (Å²) >= 11 is 0. The average Bonchev–Trinajstić information content (AvgIpc) is 3.53. The summed E-state index contributed by atoms with van der Waals surface area (Å²) in [6.07, 6.45) is 6.13. The topological polar surface area (TPSA) is 58.9 Å². The Bertz CT molecular complexity index is 1310. The molecule has 1 aromatic carbocycles. The molecule has 7 heteroatoms. The molecule has 1 atom stereocenters. The number of nitrogens with one attached hydrogen (secondary N) is 1. The van der Waals surface area contributed by atoms with E-state index in [1.165, 1.54) is 24.5 Å². The number of halogens is 1. The van der Waals surface area contributed by atoms with Gasteiger partial charge >= 0.3 is 0 Å². The predicted octanol–water partition coefficient (Wildman–Crippen LogP) is 4.00. The zero-order valence-corrected chi connectivity index (χ0v) is 17.8. The van der Waals surface area contributed by atoms with Crippen molar-refractivity contribution in [3.63, 3.8) is 0 Å². The minimum absolute atomic E-state index is 0.320. The quantitative estimate of drug-likeness (QED) is 0.547. The van der Waals surface area contributed by atoms with E-state index < -0.39 is 0 Å². The number of aromatic nitrogens is 4. The fraction of sp³-hybridized carbons (Fsp3) is 0.375. The van der Waals surface area contributed by atoms with Crippen LogP contribution in [0.3, 0.4) is 0 Å². The van der Waals surface area contributed by atoms with Gasteiger partial charge in [0.25, 0.3) is 0 Å². The molecule has 6 rings (SSSR count). The fourth-order valence-electron chi connectivity index (χ4n) is 4.70. The minimum atomic E-state index is -0.320. The number of anilines is 1. The monoisotopic (exact) mass is 416 g/mol. The van der Waals surface area contributed by atoms with Crippen LogP contribution in [0.1, 0.15) is 31.2 Å². The van der Waals surface area contributed by atoms with Gasteiger partial charge in [0.1, 0.15) is 5.52 Å². The van der Waals surface area contributed by atoms with E-state index in [9.17, 15) is 4.39 Å². The highest BCUT2D eigenvalue weighted by Crippen LogP contribution is 2.44. The molecule has 4 heterocycles. The molecule has 2 fully saturated rings. The SMILES string of the molecule is CC1CN(c2cnc3nc(-c4cc(F)c5nn(C)cc5c4)cc(C4CC4)c3c2)CCN1. The molecular weight excluding hydrogens is 391 g/mol. The van der Waals surface area contributed by atoms with Crippen LogP contribution >= 0.6 is 0 Å². The molecule has 1 unspecified atom stereocenters. The van der Waals surface area contributed by atoms with E-state index in [1.807, 2.05) is 18.5 Å². The number of pyridine rings is 2. The second kappa shape index (κ2) is 6.99. The molecule has 0 amide bonds.